The first-order valence-electron chi connectivity index (χ1n) is 9.49. The van der Waals surface area contributed by atoms with Crippen LogP contribution in [0.2, 0.25) is 0 Å². The van der Waals surface area contributed by atoms with Crippen LogP contribution in [0, 0.1) is 11.8 Å². The first-order valence-corrected chi connectivity index (χ1v) is 9.49. The molecule has 1 fully saturated rings. The van der Waals surface area contributed by atoms with Crippen molar-refractivity contribution in [1.29, 1.82) is 0 Å². The van der Waals surface area contributed by atoms with Gasteiger partial charge in [-0.15, -0.1) is 0 Å². The molecule has 4 rings (SSSR count). The number of para-hydroxylation sites is 1. The summed E-state index contributed by atoms with van der Waals surface area (Å²) in [6, 6.07) is 25.6. The van der Waals surface area contributed by atoms with E-state index in [9.17, 15) is 9.90 Å². The number of carbonyl (C=O) groups is 1. The Hall–Kier alpha value is -3.51. The second-order valence-electron chi connectivity index (χ2n) is 6.89. The van der Waals surface area contributed by atoms with Crippen LogP contribution < -0.4 is 4.90 Å². The summed E-state index contributed by atoms with van der Waals surface area (Å²) in [4.78, 5) is 14.2. The fraction of sp³-hybridized carbons (Fsp3) is 0.160. The van der Waals surface area contributed by atoms with Crippen LogP contribution in [0.5, 0.6) is 0 Å². The highest BCUT2D eigenvalue weighted by molar-refractivity contribution is 5.96. The number of nitrogens with zero attached hydrogens (tertiary/aromatic N) is 1. The van der Waals surface area contributed by atoms with E-state index in [4.69, 9.17) is 0 Å². The first-order chi connectivity index (χ1) is 13.7. The third kappa shape index (κ3) is 3.63. The summed E-state index contributed by atoms with van der Waals surface area (Å²) < 4.78 is 0. The molecule has 1 aliphatic heterocycles. The maximum atomic E-state index is 12.0. The number of anilines is 1. The van der Waals surface area contributed by atoms with Crippen molar-refractivity contribution >= 4 is 11.7 Å². The summed E-state index contributed by atoms with van der Waals surface area (Å²) in [6.07, 6.45) is 2.03. The van der Waals surface area contributed by atoms with Gasteiger partial charge in [0.1, 0.15) is 0 Å². The zero-order valence-electron chi connectivity index (χ0n) is 15.5. The molecule has 1 heterocycles. The molecule has 1 unspecified atom stereocenters. The van der Waals surface area contributed by atoms with Crippen LogP contribution in [0.1, 0.15) is 45.9 Å². The number of carboxylic acids is 1. The van der Waals surface area contributed by atoms with E-state index in [1.807, 2.05) is 54.6 Å². The molecule has 1 aliphatic rings. The fourth-order valence-electron chi connectivity index (χ4n) is 3.84. The lowest BCUT2D eigenvalue weighted by atomic mass is 10.0. The Kier molecular flexibility index (Phi) is 5.12. The summed E-state index contributed by atoms with van der Waals surface area (Å²) in [6.45, 7) is 0.823. The summed E-state index contributed by atoms with van der Waals surface area (Å²) in [7, 11) is 0. The van der Waals surface area contributed by atoms with Crippen LogP contribution in [-0.2, 0) is 0 Å². The molecule has 1 N–H and O–H groups in total. The Balaban J connectivity index is 1.81. The van der Waals surface area contributed by atoms with Gasteiger partial charge in [0.2, 0.25) is 0 Å². The van der Waals surface area contributed by atoms with Gasteiger partial charge in [0.15, 0.2) is 0 Å². The van der Waals surface area contributed by atoms with Crippen LogP contribution >= 0.6 is 0 Å². The Bertz CT molecular complexity index is 1030. The van der Waals surface area contributed by atoms with E-state index in [0.29, 0.717) is 5.56 Å². The first kappa shape index (κ1) is 17.9. The average Bonchev–Trinajstić information content (AvgIpc) is 3.23. The van der Waals surface area contributed by atoms with Gasteiger partial charge in [0, 0.05) is 17.7 Å². The van der Waals surface area contributed by atoms with Crippen molar-refractivity contribution in [1.82, 2.24) is 0 Å². The van der Waals surface area contributed by atoms with Gasteiger partial charge in [-0.2, -0.15) is 0 Å². The normalized spacial score (nSPS) is 15.7. The zero-order chi connectivity index (χ0) is 19.3. The van der Waals surface area contributed by atoms with Gasteiger partial charge in [-0.1, -0.05) is 66.4 Å². The number of hydrogen-bond acceptors (Lipinski definition) is 2. The van der Waals surface area contributed by atoms with Crippen molar-refractivity contribution < 1.29 is 9.90 Å². The molecule has 138 valence electrons. The number of aromatic carboxylic acids is 1. The molecular formula is C25H21NO2. The highest BCUT2D eigenvalue weighted by Gasteiger charge is 2.30. The lowest BCUT2D eigenvalue weighted by Crippen LogP contribution is -2.25. The number of hydrogen-bond donors (Lipinski definition) is 1. The maximum Gasteiger partial charge on any atom is 0.337 e. The lowest BCUT2D eigenvalue weighted by Gasteiger charge is -2.29. The van der Waals surface area contributed by atoms with E-state index in [1.165, 1.54) is 5.56 Å². The molecule has 1 saturated heterocycles. The average molecular weight is 367 g/mol. The third-order valence-corrected chi connectivity index (χ3v) is 5.11. The SMILES string of the molecule is O=C(O)c1cccc(C#Cc2ccccc2)c1N1CCCC1c1ccccc1. The summed E-state index contributed by atoms with van der Waals surface area (Å²) in [5.74, 6) is 5.48. The van der Waals surface area contributed by atoms with Gasteiger partial charge < -0.3 is 10.0 Å². The highest BCUT2D eigenvalue weighted by Crippen LogP contribution is 2.39. The topological polar surface area (TPSA) is 40.5 Å². The van der Waals surface area contributed by atoms with Gasteiger partial charge >= 0.3 is 5.97 Å². The number of rotatable bonds is 3. The lowest BCUT2D eigenvalue weighted by molar-refractivity contribution is 0.0697. The second-order valence-corrected chi connectivity index (χ2v) is 6.89. The van der Waals surface area contributed by atoms with Gasteiger partial charge in [-0.3, -0.25) is 0 Å². The molecule has 0 aliphatic carbocycles. The molecular weight excluding hydrogens is 346 g/mol. The largest absolute Gasteiger partial charge is 0.478 e. The Morgan fingerprint density at radius 3 is 2.32 bits per heavy atom. The Morgan fingerprint density at radius 2 is 1.61 bits per heavy atom. The Labute approximate surface area is 165 Å². The van der Waals surface area contributed by atoms with E-state index < -0.39 is 5.97 Å². The molecule has 3 nitrogen and oxygen atoms in total. The molecule has 0 spiro atoms. The predicted molar refractivity (Wildman–Crippen MR) is 112 cm³/mol. The van der Waals surface area contributed by atoms with Crippen molar-refractivity contribution in [3.63, 3.8) is 0 Å². The minimum Gasteiger partial charge on any atom is -0.478 e. The molecule has 3 aromatic rings. The Morgan fingerprint density at radius 1 is 0.893 bits per heavy atom. The molecule has 28 heavy (non-hydrogen) atoms. The molecule has 0 radical (unpaired) electrons. The smallest absolute Gasteiger partial charge is 0.337 e. The van der Waals surface area contributed by atoms with Crippen LogP contribution in [0.3, 0.4) is 0 Å². The van der Waals surface area contributed by atoms with Gasteiger partial charge in [0.05, 0.1) is 17.3 Å². The molecule has 0 amide bonds. The van der Waals surface area contributed by atoms with E-state index in [0.717, 1.165) is 36.2 Å². The number of carboxylic acid groups (broad SMARTS) is 1. The maximum absolute atomic E-state index is 12.0. The second kappa shape index (κ2) is 8.02. The van der Waals surface area contributed by atoms with Crippen molar-refractivity contribution in [3.8, 4) is 11.8 Å². The molecule has 1 atom stereocenters. The monoisotopic (exact) mass is 367 g/mol. The minimum absolute atomic E-state index is 0.166. The minimum atomic E-state index is -0.919. The zero-order valence-corrected chi connectivity index (χ0v) is 15.5. The van der Waals surface area contributed by atoms with Crippen molar-refractivity contribution in [3.05, 3.63) is 101 Å². The van der Waals surface area contributed by atoms with E-state index >= 15 is 0 Å². The standard InChI is InChI=1S/C25H21NO2/c27-25(28)22-14-7-13-21(17-16-19-9-3-1-4-10-19)24(22)26-18-8-15-23(26)20-11-5-2-6-12-20/h1-7,9-14,23H,8,15,18H2,(H,27,28). The third-order valence-electron chi connectivity index (χ3n) is 5.11. The van der Waals surface area contributed by atoms with Crippen LogP contribution in [0.25, 0.3) is 0 Å². The van der Waals surface area contributed by atoms with Gasteiger partial charge in [-0.05, 0) is 42.7 Å². The quantitative estimate of drug-likeness (QED) is 0.653. The summed E-state index contributed by atoms with van der Waals surface area (Å²) >= 11 is 0. The molecule has 0 saturated carbocycles. The van der Waals surface area contributed by atoms with Gasteiger partial charge in [0.25, 0.3) is 0 Å². The molecule has 0 bridgehead atoms. The summed E-state index contributed by atoms with van der Waals surface area (Å²) in [5.41, 5.74) is 3.91. The molecule has 0 aromatic heterocycles. The van der Waals surface area contributed by atoms with Crippen LogP contribution in [0.4, 0.5) is 5.69 Å². The molecule has 3 heteroatoms. The van der Waals surface area contributed by atoms with Crippen molar-refractivity contribution in [2.75, 3.05) is 11.4 Å². The molecule has 3 aromatic carbocycles. The van der Waals surface area contributed by atoms with Crippen molar-refractivity contribution in [2.24, 2.45) is 0 Å². The summed E-state index contributed by atoms with van der Waals surface area (Å²) in [5, 5.41) is 9.82. The van der Waals surface area contributed by atoms with Crippen LogP contribution in [0.15, 0.2) is 78.9 Å². The van der Waals surface area contributed by atoms with Gasteiger partial charge in [-0.25, -0.2) is 4.79 Å². The fourth-order valence-corrected chi connectivity index (χ4v) is 3.84. The van der Waals surface area contributed by atoms with Crippen LogP contribution in [-0.4, -0.2) is 17.6 Å². The van der Waals surface area contributed by atoms with E-state index in [1.54, 1.807) is 12.1 Å². The van der Waals surface area contributed by atoms with Crippen molar-refractivity contribution in [2.45, 2.75) is 18.9 Å². The highest BCUT2D eigenvalue weighted by atomic mass is 16.4. The van der Waals surface area contributed by atoms with E-state index in [2.05, 4.69) is 28.9 Å². The number of benzene rings is 3. The van der Waals surface area contributed by atoms with E-state index in [-0.39, 0.29) is 6.04 Å². The predicted octanol–water partition coefficient (Wildman–Crippen LogP) is 5.13.